The average Bonchev–Trinajstić information content (AvgIpc) is 2.46. The SMILES string of the molecule is NC(=O)C1CCCN(S(=O)(=O)C=Cc2ccccc2)C1. The Morgan fingerprint density at radius 2 is 2.00 bits per heavy atom. The third-order valence-corrected chi connectivity index (χ3v) is 4.91. The third-order valence-electron chi connectivity index (χ3n) is 3.38. The van der Waals surface area contributed by atoms with E-state index in [0.717, 1.165) is 5.56 Å². The van der Waals surface area contributed by atoms with Crippen LogP contribution in [0.25, 0.3) is 6.08 Å². The van der Waals surface area contributed by atoms with Gasteiger partial charge in [-0.25, -0.2) is 8.42 Å². The fraction of sp³-hybridized carbons (Fsp3) is 0.357. The monoisotopic (exact) mass is 294 g/mol. The second kappa shape index (κ2) is 6.19. The van der Waals surface area contributed by atoms with Crippen molar-refractivity contribution in [1.29, 1.82) is 0 Å². The molecule has 108 valence electrons. The van der Waals surface area contributed by atoms with Gasteiger partial charge < -0.3 is 5.73 Å². The van der Waals surface area contributed by atoms with Crippen LogP contribution in [-0.4, -0.2) is 31.7 Å². The van der Waals surface area contributed by atoms with Crippen molar-refractivity contribution in [3.05, 3.63) is 41.3 Å². The molecule has 20 heavy (non-hydrogen) atoms. The highest BCUT2D eigenvalue weighted by atomic mass is 32.2. The molecule has 2 rings (SSSR count). The molecule has 0 bridgehead atoms. The molecule has 1 atom stereocenters. The number of hydrogen-bond acceptors (Lipinski definition) is 3. The summed E-state index contributed by atoms with van der Waals surface area (Å²) in [5.41, 5.74) is 6.08. The van der Waals surface area contributed by atoms with Crippen LogP contribution in [0.5, 0.6) is 0 Å². The second-order valence-corrected chi connectivity index (χ2v) is 6.68. The predicted octanol–water partition coefficient (Wildman–Crippen LogP) is 1.18. The van der Waals surface area contributed by atoms with Gasteiger partial charge >= 0.3 is 0 Å². The van der Waals surface area contributed by atoms with Gasteiger partial charge in [0.05, 0.1) is 5.92 Å². The number of piperidine rings is 1. The number of nitrogens with two attached hydrogens (primary N) is 1. The number of nitrogens with zero attached hydrogens (tertiary/aromatic N) is 1. The summed E-state index contributed by atoms with van der Waals surface area (Å²) in [6.07, 6.45) is 2.87. The lowest BCUT2D eigenvalue weighted by Gasteiger charge is -2.29. The maximum atomic E-state index is 12.2. The quantitative estimate of drug-likeness (QED) is 0.905. The molecule has 1 unspecified atom stereocenters. The molecule has 0 aliphatic carbocycles. The molecule has 6 heteroatoms. The molecule has 1 aromatic rings. The van der Waals surface area contributed by atoms with E-state index in [9.17, 15) is 13.2 Å². The molecular formula is C14H18N2O3S. The number of hydrogen-bond donors (Lipinski definition) is 1. The molecule has 0 radical (unpaired) electrons. The second-order valence-electron chi connectivity index (χ2n) is 4.86. The lowest BCUT2D eigenvalue weighted by molar-refractivity contribution is -0.122. The fourth-order valence-corrected chi connectivity index (χ4v) is 3.49. The van der Waals surface area contributed by atoms with E-state index in [-0.39, 0.29) is 12.5 Å². The maximum Gasteiger partial charge on any atom is 0.236 e. The molecule has 5 nitrogen and oxygen atoms in total. The number of rotatable bonds is 4. The Morgan fingerprint density at radius 3 is 2.65 bits per heavy atom. The zero-order valence-corrected chi connectivity index (χ0v) is 11.9. The third kappa shape index (κ3) is 3.68. The minimum Gasteiger partial charge on any atom is -0.369 e. The Bertz CT molecular complexity index is 596. The smallest absolute Gasteiger partial charge is 0.236 e. The highest BCUT2D eigenvalue weighted by molar-refractivity contribution is 7.92. The van der Waals surface area contributed by atoms with E-state index in [2.05, 4.69) is 0 Å². The summed E-state index contributed by atoms with van der Waals surface area (Å²) in [4.78, 5) is 11.2. The largest absolute Gasteiger partial charge is 0.369 e. The Kier molecular flexibility index (Phi) is 4.57. The summed E-state index contributed by atoms with van der Waals surface area (Å²) in [5, 5.41) is 1.19. The number of carbonyl (C=O) groups is 1. The number of amides is 1. The summed E-state index contributed by atoms with van der Waals surface area (Å²) in [6.45, 7) is 0.613. The lowest BCUT2D eigenvalue weighted by Crippen LogP contribution is -2.43. The Labute approximate surface area is 119 Å². The highest BCUT2D eigenvalue weighted by Crippen LogP contribution is 2.20. The van der Waals surface area contributed by atoms with Gasteiger partial charge in [-0.2, -0.15) is 4.31 Å². The first kappa shape index (κ1) is 14.7. The molecule has 1 aromatic carbocycles. The van der Waals surface area contributed by atoms with E-state index in [1.54, 1.807) is 6.08 Å². The van der Waals surface area contributed by atoms with E-state index < -0.39 is 15.9 Å². The van der Waals surface area contributed by atoms with E-state index in [1.807, 2.05) is 30.3 Å². The lowest BCUT2D eigenvalue weighted by atomic mass is 9.99. The van der Waals surface area contributed by atoms with Crippen LogP contribution in [0.4, 0.5) is 0 Å². The molecule has 1 fully saturated rings. The van der Waals surface area contributed by atoms with Crippen molar-refractivity contribution in [1.82, 2.24) is 4.31 Å². The maximum absolute atomic E-state index is 12.2. The van der Waals surface area contributed by atoms with Crippen molar-refractivity contribution in [2.24, 2.45) is 11.7 Å². The van der Waals surface area contributed by atoms with Crippen molar-refractivity contribution < 1.29 is 13.2 Å². The van der Waals surface area contributed by atoms with E-state index >= 15 is 0 Å². The van der Waals surface area contributed by atoms with Gasteiger partial charge in [-0.1, -0.05) is 30.3 Å². The van der Waals surface area contributed by atoms with Gasteiger partial charge in [0.1, 0.15) is 0 Å². The molecule has 1 aliphatic heterocycles. The number of sulfonamides is 1. The van der Waals surface area contributed by atoms with Crippen LogP contribution in [0.3, 0.4) is 0 Å². The molecule has 1 saturated heterocycles. The summed E-state index contributed by atoms with van der Waals surface area (Å²) < 4.78 is 25.8. The fourth-order valence-electron chi connectivity index (χ4n) is 2.22. The van der Waals surface area contributed by atoms with E-state index in [0.29, 0.717) is 19.4 Å². The summed E-state index contributed by atoms with van der Waals surface area (Å²) in [6, 6.07) is 9.21. The topological polar surface area (TPSA) is 80.5 Å². The molecular weight excluding hydrogens is 276 g/mol. The van der Waals surface area contributed by atoms with Gasteiger partial charge in [0.15, 0.2) is 0 Å². The molecule has 2 N–H and O–H groups in total. The average molecular weight is 294 g/mol. The van der Waals surface area contributed by atoms with Gasteiger partial charge in [-0.3, -0.25) is 4.79 Å². The van der Waals surface area contributed by atoms with Crippen LogP contribution in [0.1, 0.15) is 18.4 Å². The zero-order chi connectivity index (χ0) is 14.6. The highest BCUT2D eigenvalue weighted by Gasteiger charge is 2.29. The first-order valence-electron chi connectivity index (χ1n) is 6.51. The Morgan fingerprint density at radius 1 is 1.30 bits per heavy atom. The zero-order valence-electron chi connectivity index (χ0n) is 11.1. The number of benzene rings is 1. The van der Waals surface area contributed by atoms with E-state index in [1.165, 1.54) is 9.71 Å². The van der Waals surface area contributed by atoms with Crippen LogP contribution >= 0.6 is 0 Å². The number of carbonyl (C=O) groups excluding carboxylic acids is 1. The minimum absolute atomic E-state index is 0.177. The molecule has 1 aliphatic rings. The van der Waals surface area contributed by atoms with Crippen LogP contribution in [0.15, 0.2) is 35.7 Å². The first-order chi connectivity index (χ1) is 9.49. The molecule has 0 saturated carbocycles. The minimum atomic E-state index is -3.50. The standard InChI is InChI=1S/C14H18N2O3S/c15-14(17)13-7-4-9-16(11-13)20(18,19)10-8-12-5-2-1-3-6-12/h1-3,5-6,8,10,13H,4,7,9,11H2,(H2,15,17). The van der Waals surface area contributed by atoms with Gasteiger partial charge in [0.2, 0.25) is 15.9 Å². The molecule has 0 aromatic heterocycles. The van der Waals surface area contributed by atoms with Gasteiger partial charge in [-0.05, 0) is 24.5 Å². The molecule has 1 amide bonds. The Balaban J connectivity index is 2.10. The van der Waals surface area contributed by atoms with Gasteiger partial charge in [-0.15, -0.1) is 0 Å². The predicted molar refractivity (Wildman–Crippen MR) is 77.9 cm³/mol. The number of primary amides is 1. The molecule has 0 spiro atoms. The first-order valence-corrected chi connectivity index (χ1v) is 8.02. The van der Waals surface area contributed by atoms with Crippen molar-refractivity contribution in [2.75, 3.05) is 13.1 Å². The van der Waals surface area contributed by atoms with Gasteiger partial charge in [0.25, 0.3) is 0 Å². The van der Waals surface area contributed by atoms with Crippen LogP contribution in [-0.2, 0) is 14.8 Å². The van der Waals surface area contributed by atoms with Crippen molar-refractivity contribution in [3.63, 3.8) is 0 Å². The van der Waals surface area contributed by atoms with Crippen LogP contribution in [0, 0.1) is 5.92 Å². The normalized spacial score (nSPS) is 21.1. The van der Waals surface area contributed by atoms with E-state index in [4.69, 9.17) is 5.73 Å². The summed E-state index contributed by atoms with van der Waals surface area (Å²) in [7, 11) is -3.50. The van der Waals surface area contributed by atoms with Crippen molar-refractivity contribution in [3.8, 4) is 0 Å². The Hall–Kier alpha value is -1.66. The van der Waals surface area contributed by atoms with Crippen LogP contribution < -0.4 is 5.73 Å². The van der Waals surface area contributed by atoms with Crippen molar-refractivity contribution in [2.45, 2.75) is 12.8 Å². The summed E-state index contributed by atoms with van der Waals surface area (Å²) >= 11 is 0. The van der Waals surface area contributed by atoms with Crippen molar-refractivity contribution >= 4 is 22.0 Å². The van der Waals surface area contributed by atoms with Gasteiger partial charge in [0, 0.05) is 18.5 Å². The van der Waals surface area contributed by atoms with Crippen LogP contribution in [0.2, 0.25) is 0 Å². The molecule has 1 heterocycles. The summed E-state index contributed by atoms with van der Waals surface area (Å²) in [5.74, 6) is -0.819.